The number of nitrogens with zero attached hydrogens (tertiary/aromatic N) is 4. The molecule has 1 atom stereocenters. The van der Waals surface area contributed by atoms with Crippen molar-refractivity contribution in [3.8, 4) is 23.4 Å². The van der Waals surface area contributed by atoms with Gasteiger partial charge in [-0.2, -0.15) is 14.8 Å². The molecule has 0 bridgehead atoms. The molecule has 6 nitrogen and oxygen atoms in total. The number of aromatic nitrogens is 1. The van der Waals surface area contributed by atoms with Crippen LogP contribution in [0.1, 0.15) is 18.4 Å². The molecule has 3 rings (SSSR count). The highest BCUT2D eigenvalue weighted by Crippen LogP contribution is 2.26. The standard InChI is InChI=1S/C17H14N4O2S/c18-11-13-6-8-14(9-7-13)16-4-1-5-17(20-16)24(22,23)21-10-2-3-15(21)12-19/h1,4-9,15H,2-3,10H2/t15-/m1/s1. The van der Waals surface area contributed by atoms with E-state index in [0.717, 1.165) is 5.56 Å². The summed E-state index contributed by atoms with van der Waals surface area (Å²) in [6.45, 7) is 0.337. The Labute approximate surface area is 140 Å². The van der Waals surface area contributed by atoms with Crippen molar-refractivity contribution in [2.45, 2.75) is 23.9 Å². The second-order valence-electron chi connectivity index (χ2n) is 5.45. The molecule has 24 heavy (non-hydrogen) atoms. The predicted octanol–water partition coefficient (Wildman–Crippen LogP) is 2.30. The third-order valence-corrected chi connectivity index (χ3v) is 5.77. The molecule has 2 aromatic rings. The smallest absolute Gasteiger partial charge is 0.235 e. The minimum absolute atomic E-state index is 0.0634. The monoisotopic (exact) mass is 338 g/mol. The van der Waals surface area contributed by atoms with E-state index in [-0.39, 0.29) is 5.03 Å². The Morgan fingerprint density at radius 3 is 2.54 bits per heavy atom. The summed E-state index contributed by atoms with van der Waals surface area (Å²) in [7, 11) is -3.80. The van der Waals surface area contributed by atoms with Crippen molar-refractivity contribution >= 4 is 10.0 Å². The topological polar surface area (TPSA) is 97.9 Å². The van der Waals surface area contributed by atoms with Crippen molar-refractivity contribution < 1.29 is 8.42 Å². The maximum Gasteiger partial charge on any atom is 0.261 e. The van der Waals surface area contributed by atoms with Crippen LogP contribution in [0.2, 0.25) is 0 Å². The molecule has 2 heterocycles. The third-order valence-electron chi connectivity index (χ3n) is 3.96. The molecular formula is C17H14N4O2S. The fraction of sp³-hybridized carbons (Fsp3) is 0.235. The van der Waals surface area contributed by atoms with Crippen LogP contribution >= 0.6 is 0 Å². The molecule has 0 amide bonds. The summed E-state index contributed by atoms with van der Waals surface area (Å²) in [5, 5.41) is 17.9. The van der Waals surface area contributed by atoms with E-state index in [4.69, 9.17) is 10.5 Å². The Morgan fingerprint density at radius 1 is 1.12 bits per heavy atom. The molecule has 0 spiro atoms. The van der Waals surface area contributed by atoms with E-state index in [1.165, 1.54) is 10.4 Å². The lowest BCUT2D eigenvalue weighted by atomic mass is 10.1. The van der Waals surface area contributed by atoms with Crippen LogP contribution in [-0.4, -0.2) is 30.3 Å². The molecule has 1 aliphatic heterocycles. The molecule has 7 heteroatoms. The van der Waals surface area contributed by atoms with Crippen LogP contribution in [0.25, 0.3) is 11.3 Å². The zero-order chi connectivity index (χ0) is 17.2. The fourth-order valence-corrected chi connectivity index (χ4v) is 4.27. The summed E-state index contributed by atoms with van der Waals surface area (Å²) >= 11 is 0. The van der Waals surface area contributed by atoms with E-state index in [1.54, 1.807) is 36.4 Å². The summed E-state index contributed by atoms with van der Waals surface area (Å²) < 4.78 is 26.7. The van der Waals surface area contributed by atoms with Gasteiger partial charge in [0.25, 0.3) is 10.0 Å². The molecule has 1 aromatic carbocycles. The molecule has 0 N–H and O–H groups in total. The largest absolute Gasteiger partial charge is 0.261 e. The SMILES string of the molecule is N#Cc1ccc(-c2cccc(S(=O)(=O)N3CCC[C@@H]3C#N)n2)cc1. The highest BCUT2D eigenvalue weighted by atomic mass is 32.2. The van der Waals surface area contributed by atoms with Crippen LogP contribution in [0.4, 0.5) is 0 Å². The first kappa shape index (κ1) is 16.1. The lowest BCUT2D eigenvalue weighted by Gasteiger charge is -2.18. The van der Waals surface area contributed by atoms with Crippen molar-refractivity contribution in [2.75, 3.05) is 6.54 Å². The van der Waals surface area contributed by atoms with Crippen LogP contribution in [0.15, 0.2) is 47.5 Å². The van der Waals surface area contributed by atoms with Gasteiger partial charge < -0.3 is 0 Å². The number of benzene rings is 1. The zero-order valence-corrected chi connectivity index (χ0v) is 13.6. The first-order chi connectivity index (χ1) is 11.6. The lowest BCUT2D eigenvalue weighted by Crippen LogP contribution is -2.35. The van der Waals surface area contributed by atoms with Crippen molar-refractivity contribution in [1.29, 1.82) is 10.5 Å². The first-order valence-corrected chi connectivity index (χ1v) is 8.89. The number of sulfonamides is 1. The minimum atomic E-state index is -3.80. The molecule has 0 unspecified atom stereocenters. The average Bonchev–Trinajstić information content (AvgIpc) is 3.11. The van der Waals surface area contributed by atoms with Gasteiger partial charge >= 0.3 is 0 Å². The Hall–Kier alpha value is -2.74. The number of pyridine rings is 1. The predicted molar refractivity (Wildman–Crippen MR) is 86.9 cm³/mol. The fourth-order valence-electron chi connectivity index (χ4n) is 2.71. The van der Waals surface area contributed by atoms with E-state index in [9.17, 15) is 8.42 Å². The highest BCUT2D eigenvalue weighted by molar-refractivity contribution is 7.89. The van der Waals surface area contributed by atoms with Crippen molar-refractivity contribution in [3.63, 3.8) is 0 Å². The van der Waals surface area contributed by atoms with Gasteiger partial charge in [0, 0.05) is 12.1 Å². The van der Waals surface area contributed by atoms with Crippen molar-refractivity contribution in [2.24, 2.45) is 0 Å². The Kier molecular flexibility index (Phi) is 4.30. The van der Waals surface area contributed by atoms with Gasteiger partial charge in [-0.05, 0) is 37.1 Å². The summed E-state index contributed by atoms with van der Waals surface area (Å²) in [4.78, 5) is 4.26. The Morgan fingerprint density at radius 2 is 1.88 bits per heavy atom. The quantitative estimate of drug-likeness (QED) is 0.855. The summed E-state index contributed by atoms with van der Waals surface area (Å²) in [5.41, 5.74) is 1.76. The molecular weight excluding hydrogens is 324 g/mol. The molecule has 1 aliphatic rings. The van der Waals surface area contributed by atoms with Crippen LogP contribution in [0.3, 0.4) is 0 Å². The average molecular weight is 338 g/mol. The van der Waals surface area contributed by atoms with Crippen LogP contribution < -0.4 is 0 Å². The van der Waals surface area contributed by atoms with Crippen molar-refractivity contribution in [3.05, 3.63) is 48.0 Å². The van der Waals surface area contributed by atoms with Gasteiger partial charge in [-0.1, -0.05) is 18.2 Å². The number of nitriles is 2. The minimum Gasteiger partial charge on any atom is -0.235 e. The third kappa shape index (κ3) is 2.88. The van der Waals surface area contributed by atoms with Gasteiger partial charge in [0.15, 0.2) is 5.03 Å². The molecule has 0 saturated carbocycles. The molecule has 120 valence electrons. The van der Waals surface area contributed by atoms with Crippen molar-refractivity contribution in [1.82, 2.24) is 9.29 Å². The van der Waals surface area contributed by atoms with Gasteiger partial charge in [-0.3, -0.25) is 0 Å². The maximum absolute atomic E-state index is 12.8. The zero-order valence-electron chi connectivity index (χ0n) is 12.8. The van der Waals surface area contributed by atoms with Gasteiger partial charge in [-0.15, -0.1) is 0 Å². The number of hydrogen-bond donors (Lipinski definition) is 0. The molecule has 1 fully saturated rings. The molecule has 1 saturated heterocycles. The van der Waals surface area contributed by atoms with Gasteiger partial charge in [-0.25, -0.2) is 13.4 Å². The van der Waals surface area contributed by atoms with Crippen LogP contribution in [0.5, 0.6) is 0 Å². The molecule has 1 aromatic heterocycles. The Bertz CT molecular complexity index is 940. The van der Waals surface area contributed by atoms with E-state index in [1.807, 2.05) is 12.1 Å². The van der Waals surface area contributed by atoms with Crippen LogP contribution in [-0.2, 0) is 10.0 Å². The van der Waals surface area contributed by atoms with Crippen LogP contribution in [0, 0.1) is 22.7 Å². The lowest BCUT2D eigenvalue weighted by molar-refractivity contribution is 0.435. The maximum atomic E-state index is 12.8. The van der Waals surface area contributed by atoms with E-state index >= 15 is 0 Å². The second kappa shape index (κ2) is 6.40. The van der Waals surface area contributed by atoms with E-state index in [2.05, 4.69) is 4.98 Å². The van der Waals surface area contributed by atoms with Gasteiger partial charge in [0.05, 0.1) is 23.4 Å². The normalized spacial score (nSPS) is 18.0. The molecule has 0 aliphatic carbocycles. The highest BCUT2D eigenvalue weighted by Gasteiger charge is 2.36. The summed E-state index contributed by atoms with van der Waals surface area (Å²) in [6.07, 6.45) is 1.22. The second-order valence-corrected chi connectivity index (χ2v) is 7.29. The number of hydrogen-bond acceptors (Lipinski definition) is 5. The molecule has 0 radical (unpaired) electrons. The summed E-state index contributed by atoms with van der Waals surface area (Å²) in [5.74, 6) is 0. The summed E-state index contributed by atoms with van der Waals surface area (Å²) in [6, 6.07) is 15.0. The van der Waals surface area contributed by atoms with Gasteiger partial charge in [0.2, 0.25) is 0 Å². The number of rotatable bonds is 3. The van der Waals surface area contributed by atoms with E-state index in [0.29, 0.717) is 30.6 Å². The van der Waals surface area contributed by atoms with Gasteiger partial charge in [0.1, 0.15) is 6.04 Å². The first-order valence-electron chi connectivity index (χ1n) is 7.45. The Balaban J connectivity index is 1.98. The van der Waals surface area contributed by atoms with E-state index < -0.39 is 16.1 Å².